The molecule has 1 aliphatic rings. The topological polar surface area (TPSA) is 57.1 Å². The summed E-state index contributed by atoms with van der Waals surface area (Å²) in [5.74, 6) is 0.721. The molecule has 0 spiro atoms. The zero-order valence-electron chi connectivity index (χ0n) is 13.4. The summed E-state index contributed by atoms with van der Waals surface area (Å²) in [6.45, 7) is 0. The highest BCUT2D eigenvalue weighted by atomic mass is 35.5. The van der Waals surface area contributed by atoms with Crippen molar-refractivity contribution in [2.24, 2.45) is 4.99 Å². The Balaban J connectivity index is 1.99. The normalized spacial score (nSPS) is 15.1. The highest BCUT2D eigenvalue weighted by Crippen LogP contribution is 2.28. The van der Waals surface area contributed by atoms with Crippen molar-refractivity contribution in [1.29, 1.82) is 0 Å². The molecule has 0 atom stereocenters. The minimum Gasteiger partial charge on any atom is -0.497 e. The lowest BCUT2D eigenvalue weighted by Crippen LogP contribution is -2.06. The lowest BCUT2D eigenvalue weighted by molar-refractivity contribution is -0.129. The van der Waals surface area contributed by atoms with Gasteiger partial charge in [0.05, 0.1) is 14.2 Å². The molecule has 3 rings (SSSR count). The second kappa shape index (κ2) is 7.17. The Hall–Kier alpha value is -2.50. The van der Waals surface area contributed by atoms with Crippen LogP contribution in [0.1, 0.15) is 11.1 Å². The Morgan fingerprint density at radius 3 is 2.32 bits per heavy atom. The summed E-state index contributed by atoms with van der Waals surface area (Å²) in [6, 6.07) is 10.1. The molecule has 0 saturated carbocycles. The van der Waals surface area contributed by atoms with E-state index in [4.69, 9.17) is 37.4 Å². The van der Waals surface area contributed by atoms with E-state index >= 15 is 0 Å². The van der Waals surface area contributed by atoms with E-state index in [1.54, 1.807) is 42.5 Å². The predicted molar refractivity (Wildman–Crippen MR) is 96.6 cm³/mol. The van der Waals surface area contributed by atoms with Gasteiger partial charge in [0.25, 0.3) is 0 Å². The first-order valence-corrected chi connectivity index (χ1v) is 7.97. The Morgan fingerprint density at radius 1 is 1.04 bits per heavy atom. The van der Waals surface area contributed by atoms with Gasteiger partial charge in [-0.1, -0.05) is 29.3 Å². The number of ether oxygens (including phenoxy) is 3. The zero-order chi connectivity index (χ0) is 18.0. The van der Waals surface area contributed by atoms with Crippen molar-refractivity contribution in [1.82, 2.24) is 0 Å². The maximum atomic E-state index is 12.1. The van der Waals surface area contributed by atoms with Crippen LogP contribution in [0.5, 0.6) is 11.5 Å². The van der Waals surface area contributed by atoms with Gasteiger partial charge in [-0.15, -0.1) is 0 Å². The summed E-state index contributed by atoms with van der Waals surface area (Å²) >= 11 is 12.0. The summed E-state index contributed by atoms with van der Waals surface area (Å²) in [5, 5.41) is 0.924. The number of carbonyl (C=O) groups is 1. The number of carbonyl (C=O) groups excluding carboxylic acids is 1. The van der Waals surface area contributed by atoms with Crippen LogP contribution >= 0.6 is 23.2 Å². The van der Waals surface area contributed by atoms with Crippen LogP contribution in [0.15, 0.2) is 47.1 Å². The summed E-state index contributed by atoms with van der Waals surface area (Å²) in [7, 11) is 3.07. The van der Waals surface area contributed by atoms with E-state index in [9.17, 15) is 4.79 Å². The van der Waals surface area contributed by atoms with E-state index in [0.717, 1.165) is 0 Å². The zero-order valence-corrected chi connectivity index (χ0v) is 14.9. The van der Waals surface area contributed by atoms with Crippen molar-refractivity contribution in [2.45, 2.75) is 0 Å². The molecule has 7 heteroatoms. The number of esters is 1. The molecule has 2 aromatic carbocycles. The molecule has 0 saturated heterocycles. The summed E-state index contributed by atoms with van der Waals surface area (Å²) in [4.78, 5) is 16.4. The molecule has 0 N–H and O–H groups in total. The number of hydrogen-bond acceptors (Lipinski definition) is 5. The average Bonchev–Trinajstić information content (AvgIpc) is 2.97. The number of nitrogens with zero attached hydrogens (tertiary/aromatic N) is 1. The second-order valence-corrected chi connectivity index (χ2v) is 5.95. The van der Waals surface area contributed by atoms with Crippen molar-refractivity contribution >= 4 is 41.1 Å². The fourth-order valence-electron chi connectivity index (χ4n) is 2.23. The van der Waals surface area contributed by atoms with Crippen LogP contribution in [-0.4, -0.2) is 26.1 Å². The summed E-state index contributed by atoms with van der Waals surface area (Å²) < 4.78 is 15.7. The molecular weight excluding hydrogens is 365 g/mol. The van der Waals surface area contributed by atoms with Crippen LogP contribution in [0.3, 0.4) is 0 Å². The summed E-state index contributed by atoms with van der Waals surface area (Å²) in [6.07, 6.45) is 1.55. The van der Waals surface area contributed by atoms with Crippen LogP contribution < -0.4 is 9.47 Å². The number of halogens is 2. The molecule has 1 aliphatic heterocycles. The van der Waals surface area contributed by atoms with Crippen molar-refractivity contribution in [2.75, 3.05) is 14.2 Å². The lowest BCUT2D eigenvalue weighted by Gasteiger charge is -2.07. The number of methoxy groups -OCH3 is 2. The van der Waals surface area contributed by atoms with E-state index in [-0.39, 0.29) is 11.6 Å². The molecule has 2 aromatic rings. The molecule has 0 radical (unpaired) electrons. The van der Waals surface area contributed by atoms with E-state index in [0.29, 0.717) is 32.7 Å². The van der Waals surface area contributed by atoms with Crippen LogP contribution in [0.4, 0.5) is 0 Å². The Bertz CT molecular complexity index is 884. The second-order valence-electron chi connectivity index (χ2n) is 5.10. The van der Waals surface area contributed by atoms with Crippen LogP contribution in [0.2, 0.25) is 10.0 Å². The number of cyclic esters (lactones) is 1. The van der Waals surface area contributed by atoms with Crippen molar-refractivity contribution in [3.63, 3.8) is 0 Å². The molecule has 0 fully saturated rings. The third kappa shape index (κ3) is 3.78. The van der Waals surface area contributed by atoms with E-state index in [1.165, 1.54) is 14.2 Å². The highest BCUT2D eigenvalue weighted by molar-refractivity contribution is 6.35. The molecule has 0 bridgehead atoms. The van der Waals surface area contributed by atoms with Gasteiger partial charge in [-0.25, -0.2) is 9.79 Å². The fraction of sp³-hybridized carbons (Fsp3) is 0.111. The smallest absolute Gasteiger partial charge is 0.363 e. The molecule has 0 unspecified atom stereocenters. The van der Waals surface area contributed by atoms with Crippen LogP contribution in [-0.2, 0) is 9.53 Å². The average molecular weight is 378 g/mol. The van der Waals surface area contributed by atoms with Crippen molar-refractivity contribution in [3.05, 3.63) is 63.3 Å². The molecule has 0 aliphatic carbocycles. The van der Waals surface area contributed by atoms with E-state index in [1.807, 2.05) is 0 Å². The minimum absolute atomic E-state index is 0.140. The van der Waals surface area contributed by atoms with Gasteiger partial charge < -0.3 is 14.2 Å². The first-order chi connectivity index (χ1) is 12.0. The molecule has 25 heavy (non-hydrogen) atoms. The fourth-order valence-corrected chi connectivity index (χ4v) is 2.69. The first kappa shape index (κ1) is 17.3. The lowest BCUT2D eigenvalue weighted by atomic mass is 10.2. The number of benzene rings is 2. The quantitative estimate of drug-likeness (QED) is 0.586. The van der Waals surface area contributed by atoms with Gasteiger partial charge in [-0.3, -0.25) is 0 Å². The minimum atomic E-state index is -0.567. The van der Waals surface area contributed by atoms with Crippen molar-refractivity contribution < 1.29 is 19.0 Å². The van der Waals surface area contributed by atoms with E-state index < -0.39 is 5.97 Å². The SMILES string of the molecule is COc1cc(OC)cc(C2=N/C(=C\c3ccc(Cl)cc3Cl)C(=O)O2)c1. The Labute approximate surface area is 154 Å². The maximum absolute atomic E-state index is 12.1. The summed E-state index contributed by atoms with van der Waals surface area (Å²) in [5.41, 5.74) is 1.32. The van der Waals surface area contributed by atoms with Gasteiger partial charge in [0.2, 0.25) is 5.90 Å². The van der Waals surface area contributed by atoms with Gasteiger partial charge in [-0.2, -0.15) is 0 Å². The molecule has 1 heterocycles. The number of hydrogen-bond donors (Lipinski definition) is 0. The standard InChI is InChI=1S/C18H13Cl2NO4/c1-23-13-5-11(6-14(9-13)24-2)17-21-16(18(22)25-17)7-10-3-4-12(19)8-15(10)20/h3-9H,1-2H3/b16-7-. The van der Waals surface area contributed by atoms with Gasteiger partial charge in [0, 0.05) is 21.7 Å². The van der Waals surface area contributed by atoms with Crippen LogP contribution in [0.25, 0.3) is 6.08 Å². The molecule has 0 amide bonds. The van der Waals surface area contributed by atoms with Gasteiger partial charge in [0.1, 0.15) is 11.5 Å². The molecule has 0 aromatic heterocycles. The highest BCUT2D eigenvalue weighted by Gasteiger charge is 2.25. The van der Waals surface area contributed by atoms with E-state index in [2.05, 4.69) is 4.99 Å². The van der Waals surface area contributed by atoms with Crippen molar-refractivity contribution in [3.8, 4) is 11.5 Å². The third-order valence-electron chi connectivity index (χ3n) is 3.47. The maximum Gasteiger partial charge on any atom is 0.363 e. The number of aliphatic imine (C=N–C) groups is 1. The first-order valence-electron chi connectivity index (χ1n) is 7.21. The van der Waals surface area contributed by atoms with Gasteiger partial charge in [0.15, 0.2) is 5.70 Å². The third-order valence-corrected chi connectivity index (χ3v) is 4.04. The van der Waals surface area contributed by atoms with Gasteiger partial charge >= 0.3 is 5.97 Å². The predicted octanol–water partition coefficient (Wildman–Crippen LogP) is 4.36. The molecule has 5 nitrogen and oxygen atoms in total. The Morgan fingerprint density at radius 2 is 1.72 bits per heavy atom. The molecule has 128 valence electrons. The largest absolute Gasteiger partial charge is 0.497 e. The Kier molecular flexibility index (Phi) is 4.97. The molecular formula is C18H13Cl2NO4. The number of rotatable bonds is 4. The van der Waals surface area contributed by atoms with Crippen LogP contribution in [0, 0.1) is 0 Å². The monoisotopic (exact) mass is 377 g/mol. The van der Waals surface area contributed by atoms with Gasteiger partial charge in [-0.05, 0) is 35.9 Å².